The van der Waals surface area contributed by atoms with Crippen LogP contribution < -0.4 is 52.7 Å². The molecular weight excluding hydrogens is 819 g/mol. The Hall–Kier alpha value is -4.90. The number of hydrogen-bond acceptors (Lipinski definition) is 7. The number of rotatable bonds is 16. The third-order valence-electron chi connectivity index (χ3n) is 9.03. The number of Topliss-reactive ketones (excluding diaryl/α,β-unsaturated/α-hetero) is 1. The molecule has 0 aromatic heterocycles. The van der Waals surface area contributed by atoms with Gasteiger partial charge < -0.3 is 28.3 Å². The molecule has 59 heavy (non-hydrogen) atoms. The number of carboxylic acid groups (broad SMARTS) is 1. The molecule has 6 aromatic carbocycles. The first-order valence-corrected chi connectivity index (χ1v) is 19.7. The Morgan fingerprint density at radius 3 is 1.03 bits per heavy atom. The van der Waals surface area contributed by atoms with E-state index in [4.69, 9.17) is 23.1 Å². The molecule has 0 unspecified atom stereocenters. The first-order valence-electron chi connectivity index (χ1n) is 19.0. The normalized spacial score (nSPS) is 10.3. The van der Waals surface area contributed by atoms with Crippen LogP contribution in [0.1, 0.15) is 101 Å². The van der Waals surface area contributed by atoms with Gasteiger partial charge in [-0.2, -0.15) is 0 Å². The Morgan fingerprint density at radius 2 is 0.763 bits per heavy atom. The van der Waals surface area contributed by atoms with Crippen molar-refractivity contribution in [2.75, 3.05) is 0 Å². The zero-order valence-electron chi connectivity index (χ0n) is 34.5. The van der Waals surface area contributed by atoms with Gasteiger partial charge in [-0.3, -0.25) is 4.79 Å². The van der Waals surface area contributed by atoms with Gasteiger partial charge in [0.1, 0.15) is 55.0 Å². The predicted octanol–water partition coefficient (Wildman–Crippen LogP) is 8.50. The van der Waals surface area contributed by atoms with Gasteiger partial charge in [0, 0.05) is 12.1 Å². The number of carbonyl (C=O) groups excluding carboxylic acids is 1. The second-order valence-electron chi connectivity index (χ2n) is 14.0. The van der Waals surface area contributed by atoms with Gasteiger partial charge in [-0.25, -0.2) is 21.1 Å². The molecule has 302 valence electrons. The van der Waals surface area contributed by atoms with Crippen LogP contribution in [0.2, 0.25) is 0 Å². The molecule has 0 aliphatic rings. The largest absolute Gasteiger partial charge is 1.00 e. The van der Waals surface area contributed by atoms with Crippen LogP contribution in [0.5, 0.6) is 23.0 Å². The first-order chi connectivity index (χ1) is 28.1. The minimum Gasteiger partial charge on any atom is -0.791 e. The molecule has 6 rings (SSSR count). The number of halogens is 1. The van der Waals surface area contributed by atoms with E-state index in [1.54, 1.807) is 35.3 Å². The van der Waals surface area contributed by atoms with Gasteiger partial charge in [-0.15, -0.1) is 0 Å². The fourth-order valence-electron chi connectivity index (χ4n) is 5.93. The molecule has 0 aliphatic carbocycles. The monoisotopic (exact) mass is 868 g/mol. The number of hydrogen-bond donors (Lipinski definition) is 1. The van der Waals surface area contributed by atoms with Crippen molar-refractivity contribution in [2.24, 2.45) is 0 Å². The summed E-state index contributed by atoms with van der Waals surface area (Å²) in [5, 5.41) is 9.65. The molecule has 0 radical (unpaired) electrons. The zero-order chi connectivity index (χ0) is 41.9. The summed E-state index contributed by atoms with van der Waals surface area (Å²) in [6.07, 6.45) is 0. The Labute approximate surface area is 378 Å². The van der Waals surface area contributed by atoms with E-state index in [-0.39, 0.29) is 52.7 Å². The maximum Gasteiger partial charge on any atom is 1.00 e. The van der Waals surface area contributed by atoms with E-state index in [9.17, 15) is 14.7 Å². The van der Waals surface area contributed by atoms with Gasteiger partial charge in [-0.05, 0) is 64.3 Å². The summed E-state index contributed by atoms with van der Waals surface area (Å²) in [5.41, 5.74) is 6.76. The van der Waals surface area contributed by atoms with Gasteiger partial charge in [-0.1, -0.05) is 149 Å². The van der Waals surface area contributed by atoms with Crippen LogP contribution in [0, 0.1) is 0 Å². The van der Waals surface area contributed by atoms with Gasteiger partial charge in [0.15, 0.2) is 5.78 Å². The van der Waals surface area contributed by atoms with Gasteiger partial charge in [0.25, 0.3) is 0 Å². The number of benzene rings is 6. The number of carboxylic acids is 1. The first kappa shape index (κ1) is 48.5. The molecule has 0 atom stereocenters. The minimum atomic E-state index is -1.01. The van der Waals surface area contributed by atoms with E-state index >= 15 is 0 Å². The molecule has 0 saturated carbocycles. The van der Waals surface area contributed by atoms with Crippen LogP contribution in [-0.2, 0) is 26.4 Å². The second kappa shape index (κ2) is 25.6. The fraction of sp³-hybridized carbons (Fsp3) is 0.224. The molecule has 0 fully saturated rings. The van der Waals surface area contributed by atoms with Crippen LogP contribution in [-0.4, -0.2) is 16.9 Å². The molecule has 0 spiro atoms. The molecule has 0 bridgehead atoms. The van der Waals surface area contributed by atoms with Crippen molar-refractivity contribution in [2.45, 2.75) is 72.9 Å². The van der Waals surface area contributed by atoms with Crippen LogP contribution >= 0.6 is 16.3 Å². The molecule has 0 heterocycles. The smallest absolute Gasteiger partial charge is 0.791 e. The molecule has 8 nitrogen and oxygen atoms in total. The van der Waals surface area contributed by atoms with Crippen LogP contribution in [0.25, 0.3) is 0 Å². The SMILES string of the molecule is CC(=O)c1cc(C(C)C)c(OCc2ccccc2)cc1OCc1ccccc1.CC(C)c1cc(C(=O)O)c(OCc2ccccc2)cc1OCc1ccccc1.[Na+].[O-]Br. The minimum absolute atomic E-state index is 0. The Morgan fingerprint density at radius 1 is 0.492 bits per heavy atom. The number of ketones is 1. The number of carbonyl (C=O) groups is 2. The molecular formula is C49H50BrNaO8. The van der Waals surface area contributed by atoms with Crippen molar-refractivity contribution in [1.82, 2.24) is 0 Å². The van der Waals surface area contributed by atoms with Crippen molar-refractivity contribution < 1.29 is 67.4 Å². The maximum absolute atomic E-state index is 12.2. The summed E-state index contributed by atoms with van der Waals surface area (Å²) in [6.45, 7) is 11.4. The average Bonchev–Trinajstić information content (AvgIpc) is 3.25. The number of aromatic carboxylic acids is 1. The van der Waals surface area contributed by atoms with Crippen molar-refractivity contribution in [1.29, 1.82) is 0 Å². The van der Waals surface area contributed by atoms with E-state index in [0.29, 0.717) is 49.2 Å². The quantitative estimate of drug-likeness (QED) is 0.0762. The molecule has 6 aromatic rings. The Kier molecular flexibility index (Phi) is 21.0. The maximum atomic E-state index is 12.2. The standard InChI is InChI=1S/C25H26O3.C24H24O4.BrO.Na/c1-18(2)22-14-23(19(3)26)25(28-17-21-12-8-5-9-13-21)15-24(22)27-16-20-10-6-4-7-11-20;1-17(2)20-13-21(24(25)26)23(28-16-19-11-7-4-8-12-19)14-22(20)27-15-18-9-5-3-6-10-18;1-2;/h4-15,18H,16-17H2,1-3H3;3-14,17H,15-16H2,1-2H3,(H,25,26);;/q;;-1;+1. The summed E-state index contributed by atoms with van der Waals surface area (Å²) < 4.78 is 32.1. The van der Waals surface area contributed by atoms with Crippen LogP contribution in [0.4, 0.5) is 0 Å². The molecule has 0 saturated heterocycles. The van der Waals surface area contributed by atoms with E-state index < -0.39 is 5.97 Å². The molecule has 0 amide bonds. The van der Waals surface area contributed by atoms with Crippen LogP contribution in [0.15, 0.2) is 146 Å². The third-order valence-corrected chi connectivity index (χ3v) is 9.03. The van der Waals surface area contributed by atoms with Crippen molar-refractivity contribution >= 4 is 28.0 Å². The summed E-state index contributed by atoms with van der Waals surface area (Å²) >= 11 is 1.69. The van der Waals surface area contributed by atoms with Crippen molar-refractivity contribution in [3.05, 3.63) is 190 Å². The average molecular weight is 870 g/mol. The summed E-state index contributed by atoms with van der Waals surface area (Å²) in [6, 6.07) is 46.6. The van der Waals surface area contributed by atoms with Crippen molar-refractivity contribution in [3.63, 3.8) is 0 Å². The third kappa shape index (κ3) is 15.3. The Bertz CT molecular complexity index is 2010. The molecule has 0 aliphatic heterocycles. The van der Waals surface area contributed by atoms with Gasteiger partial charge in [0.2, 0.25) is 0 Å². The van der Waals surface area contributed by atoms with E-state index in [0.717, 1.165) is 39.1 Å². The summed E-state index contributed by atoms with van der Waals surface area (Å²) in [4.78, 5) is 24.0. The van der Waals surface area contributed by atoms with E-state index in [1.165, 1.54) is 0 Å². The topological polar surface area (TPSA) is 114 Å². The van der Waals surface area contributed by atoms with Gasteiger partial charge >= 0.3 is 35.5 Å². The fourth-order valence-corrected chi connectivity index (χ4v) is 5.93. The van der Waals surface area contributed by atoms with E-state index in [2.05, 4.69) is 13.8 Å². The summed E-state index contributed by atoms with van der Waals surface area (Å²) in [5.74, 6) is 1.59. The summed E-state index contributed by atoms with van der Waals surface area (Å²) in [7, 11) is 0. The predicted molar refractivity (Wildman–Crippen MR) is 230 cm³/mol. The second-order valence-corrected chi connectivity index (χ2v) is 14.0. The molecule has 10 heteroatoms. The van der Waals surface area contributed by atoms with Crippen LogP contribution in [0.3, 0.4) is 0 Å². The zero-order valence-corrected chi connectivity index (χ0v) is 38.1. The van der Waals surface area contributed by atoms with Gasteiger partial charge in [0.05, 0.1) is 5.56 Å². The number of ether oxygens (including phenoxy) is 4. The molecule has 1 N–H and O–H groups in total. The van der Waals surface area contributed by atoms with E-state index in [1.807, 2.05) is 147 Å². The van der Waals surface area contributed by atoms with Crippen molar-refractivity contribution in [3.8, 4) is 23.0 Å². The Balaban J connectivity index is 0.000000298.